The average molecular weight is 194 g/mol. The molecule has 0 spiro atoms. The maximum absolute atomic E-state index is 12.8. The van der Waals surface area contributed by atoms with Gasteiger partial charge in [0.1, 0.15) is 0 Å². The lowest BCUT2D eigenvalue weighted by Gasteiger charge is -2.02. The molecule has 1 aromatic rings. The summed E-state index contributed by atoms with van der Waals surface area (Å²) >= 11 is 11.0. The molecule has 0 heterocycles. The van der Waals surface area contributed by atoms with Crippen molar-refractivity contribution in [3.05, 3.63) is 28.0 Å². The van der Waals surface area contributed by atoms with Crippen LogP contribution in [0.4, 0.5) is 10.1 Å². The van der Waals surface area contributed by atoms with Crippen LogP contribution in [0.25, 0.3) is 0 Å². The minimum absolute atomic E-state index is 0.0295. The van der Waals surface area contributed by atoms with Gasteiger partial charge in [0.05, 0.1) is 10.0 Å². The number of hydrogen-bond acceptors (Lipinski definition) is 1. The first kappa shape index (κ1) is 8.62. The van der Waals surface area contributed by atoms with E-state index >= 15 is 0 Å². The van der Waals surface area contributed by atoms with Gasteiger partial charge >= 0.3 is 0 Å². The first-order valence-electron chi connectivity index (χ1n) is 2.97. The van der Waals surface area contributed by atoms with Crippen molar-refractivity contribution in [1.29, 1.82) is 0 Å². The van der Waals surface area contributed by atoms with Crippen LogP contribution >= 0.6 is 23.2 Å². The van der Waals surface area contributed by atoms with Crippen molar-refractivity contribution in [3.8, 4) is 0 Å². The number of benzene rings is 1. The summed E-state index contributed by atoms with van der Waals surface area (Å²) in [6, 6.07) is 2.95. The first-order valence-corrected chi connectivity index (χ1v) is 3.73. The maximum atomic E-state index is 12.8. The lowest BCUT2D eigenvalue weighted by atomic mass is 10.3. The molecule has 0 aliphatic carbocycles. The summed E-state index contributed by atoms with van der Waals surface area (Å²) in [6.45, 7) is 0. The monoisotopic (exact) mass is 193 g/mol. The zero-order valence-electron chi connectivity index (χ0n) is 5.79. The third kappa shape index (κ3) is 1.76. The lowest BCUT2D eigenvalue weighted by molar-refractivity contribution is 0.629. The van der Waals surface area contributed by atoms with Gasteiger partial charge in [-0.2, -0.15) is 0 Å². The predicted octanol–water partition coefficient (Wildman–Crippen LogP) is 3.17. The molecule has 0 amide bonds. The fourth-order valence-electron chi connectivity index (χ4n) is 0.700. The van der Waals surface area contributed by atoms with Crippen LogP contribution < -0.4 is 5.32 Å². The standard InChI is InChI=1S/C7H6Cl2FN/c1-11-4-2-5(8)7(10)6(9)3-4/h2-3,11H,1H3. The Balaban J connectivity index is 3.21. The molecule has 11 heavy (non-hydrogen) atoms. The van der Waals surface area contributed by atoms with Crippen LogP contribution in [0.5, 0.6) is 0 Å². The molecule has 0 saturated carbocycles. The lowest BCUT2D eigenvalue weighted by Crippen LogP contribution is -1.89. The SMILES string of the molecule is CNc1cc(Cl)c(F)c(Cl)c1. The second-order valence-electron chi connectivity index (χ2n) is 2.00. The van der Waals surface area contributed by atoms with Gasteiger partial charge < -0.3 is 5.32 Å². The van der Waals surface area contributed by atoms with Crippen LogP contribution in [0.15, 0.2) is 12.1 Å². The van der Waals surface area contributed by atoms with Crippen molar-refractivity contribution in [1.82, 2.24) is 0 Å². The Bertz CT molecular complexity index is 252. The number of rotatable bonds is 1. The Hall–Kier alpha value is -0.470. The number of halogens is 3. The molecule has 1 aromatic carbocycles. The molecule has 1 N–H and O–H groups in total. The fraction of sp³-hybridized carbons (Fsp3) is 0.143. The molecule has 1 rings (SSSR count). The van der Waals surface area contributed by atoms with Gasteiger partial charge in [-0.05, 0) is 12.1 Å². The fourth-order valence-corrected chi connectivity index (χ4v) is 1.19. The van der Waals surface area contributed by atoms with Gasteiger partial charge in [0.25, 0.3) is 0 Å². The second-order valence-corrected chi connectivity index (χ2v) is 2.82. The Kier molecular flexibility index (Phi) is 2.58. The van der Waals surface area contributed by atoms with Crippen LogP contribution in [0.2, 0.25) is 10.0 Å². The molecule has 0 radical (unpaired) electrons. The van der Waals surface area contributed by atoms with E-state index < -0.39 is 5.82 Å². The Morgan fingerprint density at radius 1 is 1.27 bits per heavy atom. The summed E-state index contributed by atoms with van der Waals surface area (Å²) in [5.41, 5.74) is 0.696. The van der Waals surface area contributed by atoms with Gasteiger partial charge in [-0.1, -0.05) is 23.2 Å². The van der Waals surface area contributed by atoms with E-state index in [4.69, 9.17) is 23.2 Å². The van der Waals surface area contributed by atoms with Crippen LogP contribution in [0.3, 0.4) is 0 Å². The highest BCUT2D eigenvalue weighted by Gasteiger charge is 2.05. The molecule has 0 atom stereocenters. The van der Waals surface area contributed by atoms with Crippen LogP contribution in [0.1, 0.15) is 0 Å². The van der Waals surface area contributed by atoms with Gasteiger partial charge in [0, 0.05) is 12.7 Å². The van der Waals surface area contributed by atoms with Gasteiger partial charge in [0.15, 0.2) is 5.82 Å². The minimum Gasteiger partial charge on any atom is -0.388 e. The number of hydrogen-bond donors (Lipinski definition) is 1. The van der Waals surface area contributed by atoms with Gasteiger partial charge in [-0.15, -0.1) is 0 Å². The second kappa shape index (κ2) is 3.28. The van der Waals surface area contributed by atoms with Crippen molar-refractivity contribution < 1.29 is 4.39 Å². The summed E-state index contributed by atoms with van der Waals surface area (Å²) in [6.07, 6.45) is 0. The normalized spacial score (nSPS) is 9.82. The molecular formula is C7H6Cl2FN. The van der Waals surface area contributed by atoms with E-state index in [2.05, 4.69) is 5.32 Å². The van der Waals surface area contributed by atoms with Crippen molar-refractivity contribution >= 4 is 28.9 Å². The molecule has 0 aliphatic rings. The molecule has 0 unspecified atom stereocenters. The summed E-state index contributed by atoms with van der Waals surface area (Å²) in [5, 5.41) is 2.86. The van der Waals surface area contributed by atoms with E-state index in [9.17, 15) is 4.39 Å². The van der Waals surface area contributed by atoms with Crippen LogP contribution in [-0.4, -0.2) is 7.05 Å². The summed E-state index contributed by atoms with van der Waals surface area (Å²) < 4.78 is 12.8. The average Bonchev–Trinajstić information content (AvgIpc) is 1.99. The van der Waals surface area contributed by atoms with E-state index in [1.165, 1.54) is 12.1 Å². The summed E-state index contributed by atoms with van der Waals surface area (Å²) in [7, 11) is 1.71. The number of nitrogens with one attached hydrogen (secondary N) is 1. The smallest absolute Gasteiger partial charge is 0.160 e. The highest BCUT2D eigenvalue weighted by atomic mass is 35.5. The zero-order valence-corrected chi connectivity index (χ0v) is 7.30. The molecule has 1 nitrogen and oxygen atoms in total. The van der Waals surface area contributed by atoms with Gasteiger partial charge in [-0.25, -0.2) is 4.39 Å². The summed E-state index contributed by atoms with van der Waals surface area (Å²) in [5.74, 6) is -0.577. The van der Waals surface area contributed by atoms with Crippen LogP contribution in [-0.2, 0) is 0 Å². The van der Waals surface area contributed by atoms with E-state index in [-0.39, 0.29) is 10.0 Å². The summed E-state index contributed by atoms with van der Waals surface area (Å²) in [4.78, 5) is 0. The molecule has 0 fully saturated rings. The molecule has 0 aliphatic heterocycles. The van der Waals surface area contributed by atoms with Crippen LogP contribution in [0, 0.1) is 5.82 Å². The molecular weight excluding hydrogens is 188 g/mol. The van der Waals surface area contributed by atoms with Crippen molar-refractivity contribution in [2.45, 2.75) is 0 Å². The van der Waals surface area contributed by atoms with E-state index in [0.29, 0.717) is 5.69 Å². The zero-order chi connectivity index (χ0) is 8.43. The molecule has 4 heteroatoms. The van der Waals surface area contributed by atoms with E-state index in [1.54, 1.807) is 7.05 Å². The molecule has 0 aromatic heterocycles. The quantitative estimate of drug-likeness (QED) is 0.677. The van der Waals surface area contributed by atoms with Gasteiger partial charge in [-0.3, -0.25) is 0 Å². The van der Waals surface area contributed by atoms with Gasteiger partial charge in [0.2, 0.25) is 0 Å². The van der Waals surface area contributed by atoms with E-state index in [0.717, 1.165) is 0 Å². The number of anilines is 1. The topological polar surface area (TPSA) is 12.0 Å². The first-order chi connectivity index (χ1) is 5.15. The highest BCUT2D eigenvalue weighted by molar-refractivity contribution is 6.35. The third-order valence-electron chi connectivity index (χ3n) is 1.27. The Morgan fingerprint density at radius 2 is 1.73 bits per heavy atom. The molecule has 0 saturated heterocycles. The molecule has 60 valence electrons. The maximum Gasteiger partial charge on any atom is 0.160 e. The van der Waals surface area contributed by atoms with Crippen molar-refractivity contribution in [2.75, 3.05) is 12.4 Å². The van der Waals surface area contributed by atoms with E-state index in [1.807, 2.05) is 0 Å². The Morgan fingerprint density at radius 3 is 2.09 bits per heavy atom. The highest BCUT2D eigenvalue weighted by Crippen LogP contribution is 2.26. The van der Waals surface area contributed by atoms with Crippen molar-refractivity contribution in [3.63, 3.8) is 0 Å². The third-order valence-corrected chi connectivity index (χ3v) is 1.82. The predicted molar refractivity (Wildman–Crippen MR) is 46.0 cm³/mol. The Labute approximate surface area is 74.1 Å². The largest absolute Gasteiger partial charge is 0.388 e. The van der Waals surface area contributed by atoms with Crippen molar-refractivity contribution in [2.24, 2.45) is 0 Å². The minimum atomic E-state index is -0.577. The molecule has 0 bridgehead atoms.